The maximum absolute atomic E-state index is 12.3. The summed E-state index contributed by atoms with van der Waals surface area (Å²) in [4.78, 5) is 20.7. The molecule has 1 aliphatic heterocycles. The molecule has 2 N–H and O–H groups in total. The number of rotatable bonds is 7. The Labute approximate surface area is 183 Å². The zero-order valence-corrected chi connectivity index (χ0v) is 17.5. The molecule has 4 rings (SSSR count). The smallest absolute Gasteiger partial charge is 0.234 e. The second-order valence-electron chi connectivity index (χ2n) is 6.38. The van der Waals surface area contributed by atoms with Crippen molar-refractivity contribution in [2.24, 2.45) is 0 Å². The fraction of sp³-hybridized carbons (Fsp3) is 0.190. The lowest BCUT2D eigenvalue weighted by atomic mass is 10.2. The van der Waals surface area contributed by atoms with Gasteiger partial charge in [0.2, 0.25) is 5.91 Å². The highest BCUT2D eigenvalue weighted by atomic mass is 35.5. The second-order valence-corrected chi connectivity index (χ2v) is 7.78. The SMILES string of the molecule is O=C(CSc1cc(NCc2ccccc2Cl)ncn1)Nc1ccc2c(c1)OCCO2. The minimum Gasteiger partial charge on any atom is -0.486 e. The van der Waals surface area contributed by atoms with Crippen LogP contribution in [0.25, 0.3) is 0 Å². The zero-order chi connectivity index (χ0) is 20.8. The molecule has 30 heavy (non-hydrogen) atoms. The van der Waals surface area contributed by atoms with Gasteiger partial charge in [-0.05, 0) is 23.8 Å². The summed E-state index contributed by atoms with van der Waals surface area (Å²) in [5.74, 6) is 2.07. The van der Waals surface area contributed by atoms with Crippen LogP contribution in [-0.2, 0) is 11.3 Å². The third-order valence-electron chi connectivity index (χ3n) is 4.24. The summed E-state index contributed by atoms with van der Waals surface area (Å²) in [6.45, 7) is 1.58. The van der Waals surface area contributed by atoms with Gasteiger partial charge < -0.3 is 20.1 Å². The molecule has 0 aliphatic carbocycles. The number of halogens is 1. The number of ether oxygens (including phenoxy) is 2. The lowest BCUT2D eigenvalue weighted by Gasteiger charge is -2.19. The maximum atomic E-state index is 12.3. The molecule has 3 aromatic rings. The molecule has 1 aromatic heterocycles. The maximum Gasteiger partial charge on any atom is 0.234 e. The first-order valence-corrected chi connectivity index (χ1v) is 10.7. The van der Waals surface area contributed by atoms with Crippen LogP contribution in [0.5, 0.6) is 11.5 Å². The van der Waals surface area contributed by atoms with Gasteiger partial charge in [-0.25, -0.2) is 9.97 Å². The Hall–Kier alpha value is -2.97. The third kappa shape index (κ3) is 5.34. The average molecular weight is 443 g/mol. The molecule has 154 valence electrons. The van der Waals surface area contributed by atoms with Gasteiger partial charge in [0, 0.05) is 29.4 Å². The number of nitrogens with zero attached hydrogens (tertiary/aromatic N) is 2. The van der Waals surface area contributed by atoms with Gasteiger partial charge in [0.05, 0.1) is 5.75 Å². The van der Waals surface area contributed by atoms with Crippen molar-refractivity contribution in [1.29, 1.82) is 0 Å². The highest BCUT2D eigenvalue weighted by Gasteiger charge is 2.13. The van der Waals surface area contributed by atoms with Crippen LogP contribution in [0.15, 0.2) is 59.9 Å². The molecule has 0 radical (unpaired) electrons. The molecular weight excluding hydrogens is 424 g/mol. The van der Waals surface area contributed by atoms with Crippen LogP contribution < -0.4 is 20.1 Å². The zero-order valence-electron chi connectivity index (χ0n) is 15.9. The number of fused-ring (bicyclic) bond motifs is 1. The van der Waals surface area contributed by atoms with Crippen LogP contribution in [0.4, 0.5) is 11.5 Å². The molecule has 9 heteroatoms. The van der Waals surface area contributed by atoms with E-state index < -0.39 is 0 Å². The van der Waals surface area contributed by atoms with Crippen molar-refractivity contribution in [1.82, 2.24) is 9.97 Å². The first-order chi connectivity index (χ1) is 14.7. The third-order valence-corrected chi connectivity index (χ3v) is 5.53. The van der Waals surface area contributed by atoms with E-state index in [-0.39, 0.29) is 11.7 Å². The van der Waals surface area contributed by atoms with E-state index >= 15 is 0 Å². The summed E-state index contributed by atoms with van der Waals surface area (Å²) in [7, 11) is 0. The van der Waals surface area contributed by atoms with Crippen LogP contribution in [0, 0.1) is 0 Å². The lowest BCUT2D eigenvalue weighted by molar-refractivity contribution is -0.113. The normalized spacial score (nSPS) is 12.3. The molecule has 0 bridgehead atoms. The number of nitrogens with one attached hydrogen (secondary N) is 2. The Kier molecular flexibility index (Phi) is 6.56. The lowest BCUT2D eigenvalue weighted by Crippen LogP contribution is -2.17. The van der Waals surface area contributed by atoms with Crippen molar-refractivity contribution < 1.29 is 14.3 Å². The van der Waals surface area contributed by atoms with E-state index in [0.717, 1.165) is 5.56 Å². The van der Waals surface area contributed by atoms with Crippen LogP contribution in [0.1, 0.15) is 5.56 Å². The number of benzene rings is 2. The van der Waals surface area contributed by atoms with E-state index in [1.54, 1.807) is 24.3 Å². The second kappa shape index (κ2) is 9.69. The molecule has 2 aromatic carbocycles. The van der Waals surface area contributed by atoms with Crippen LogP contribution in [0.2, 0.25) is 5.02 Å². The van der Waals surface area contributed by atoms with Crippen LogP contribution >= 0.6 is 23.4 Å². The number of thioether (sulfide) groups is 1. The molecule has 0 fully saturated rings. The number of anilines is 2. The number of hydrogen-bond acceptors (Lipinski definition) is 7. The van der Waals surface area contributed by atoms with Gasteiger partial charge in [-0.2, -0.15) is 0 Å². The van der Waals surface area contributed by atoms with E-state index in [1.807, 2.05) is 24.3 Å². The molecule has 0 unspecified atom stereocenters. The monoisotopic (exact) mass is 442 g/mol. The van der Waals surface area contributed by atoms with Crippen LogP contribution in [-0.4, -0.2) is 34.8 Å². The Balaban J connectivity index is 1.30. The predicted molar refractivity (Wildman–Crippen MR) is 118 cm³/mol. The number of hydrogen-bond donors (Lipinski definition) is 2. The molecule has 2 heterocycles. The molecule has 7 nitrogen and oxygen atoms in total. The van der Waals surface area contributed by atoms with Gasteiger partial charge in [-0.1, -0.05) is 41.6 Å². The van der Waals surface area contributed by atoms with Gasteiger partial charge in [0.15, 0.2) is 11.5 Å². The van der Waals surface area contributed by atoms with Gasteiger partial charge in [0.1, 0.15) is 30.4 Å². The summed E-state index contributed by atoms with van der Waals surface area (Å²) >= 11 is 7.51. The van der Waals surface area contributed by atoms with Crippen molar-refractivity contribution >= 4 is 40.8 Å². The van der Waals surface area contributed by atoms with E-state index in [4.69, 9.17) is 21.1 Å². The van der Waals surface area contributed by atoms with Crippen LogP contribution in [0.3, 0.4) is 0 Å². The summed E-state index contributed by atoms with van der Waals surface area (Å²) < 4.78 is 11.0. The van der Waals surface area contributed by atoms with Gasteiger partial charge >= 0.3 is 0 Å². The number of carbonyl (C=O) groups is 1. The summed E-state index contributed by atoms with van der Waals surface area (Å²) in [5.41, 5.74) is 1.64. The Morgan fingerprint density at radius 3 is 2.77 bits per heavy atom. The number of carbonyl (C=O) groups excluding carboxylic acids is 1. The molecule has 0 saturated heterocycles. The van der Waals surface area contributed by atoms with E-state index in [1.165, 1.54) is 18.1 Å². The first-order valence-electron chi connectivity index (χ1n) is 9.29. The first kappa shape index (κ1) is 20.3. The molecule has 0 atom stereocenters. The summed E-state index contributed by atoms with van der Waals surface area (Å²) in [6.07, 6.45) is 1.47. The minimum atomic E-state index is -0.138. The van der Waals surface area contributed by atoms with Crippen molar-refractivity contribution in [3.63, 3.8) is 0 Å². The molecule has 1 amide bonds. The van der Waals surface area contributed by atoms with Crippen molar-refractivity contribution in [2.45, 2.75) is 11.6 Å². The molecule has 0 spiro atoms. The van der Waals surface area contributed by atoms with Gasteiger partial charge in [-0.15, -0.1) is 0 Å². The van der Waals surface area contributed by atoms with Crippen molar-refractivity contribution in [3.05, 3.63) is 65.4 Å². The largest absolute Gasteiger partial charge is 0.486 e. The quantitative estimate of drug-likeness (QED) is 0.418. The molecular formula is C21H19ClN4O3S. The Morgan fingerprint density at radius 1 is 1.07 bits per heavy atom. The van der Waals surface area contributed by atoms with Crippen molar-refractivity contribution in [2.75, 3.05) is 29.6 Å². The average Bonchev–Trinajstić information content (AvgIpc) is 2.77. The van der Waals surface area contributed by atoms with Gasteiger partial charge in [0.25, 0.3) is 0 Å². The van der Waals surface area contributed by atoms with Gasteiger partial charge in [-0.3, -0.25) is 4.79 Å². The number of aromatic nitrogens is 2. The molecule has 1 aliphatic rings. The van der Waals surface area contributed by atoms with Crippen molar-refractivity contribution in [3.8, 4) is 11.5 Å². The minimum absolute atomic E-state index is 0.138. The highest BCUT2D eigenvalue weighted by Crippen LogP contribution is 2.32. The predicted octanol–water partition coefficient (Wildman–Crippen LogP) is 4.24. The number of amides is 1. The standard InChI is InChI=1S/C21H19ClN4O3S/c22-16-4-2-1-3-14(16)11-23-19-10-21(25-13-24-19)30-12-20(27)26-15-5-6-17-18(9-15)29-8-7-28-17/h1-6,9-10,13H,7-8,11-12H2,(H,26,27)(H,23,24,25). The Morgan fingerprint density at radius 2 is 1.90 bits per heavy atom. The summed E-state index contributed by atoms with van der Waals surface area (Å²) in [5, 5.41) is 7.48. The fourth-order valence-corrected chi connectivity index (χ4v) is 3.67. The topological polar surface area (TPSA) is 85.4 Å². The Bertz CT molecular complexity index is 1050. The van der Waals surface area contributed by atoms with E-state index in [9.17, 15) is 4.79 Å². The van der Waals surface area contributed by atoms with E-state index in [0.29, 0.717) is 52.8 Å². The fourth-order valence-electron chi connectivity index (χ4n) is 2.80. The van der Waals surface area contributed by atoms with E-state index in [2.05, 4.69) is 20.6 Å². The highest BCUT2D eigenvalue weighted by molar-refractivity contribution is 7.99. The summed E-state index contributed by atoms with van der Waals surface area (Å²) in [6, 6.07) is 14.8. The molecule has 0 saturated carbocycles.